The van der Waals surface area contributed by atoms with Crippen LogP contribution in [0.15, 0.2) is 57.9 Å². The van der Waals surface area contributed by atoms with Crippen molar-refractivity contribution in [3.05, 3.63) is 64.1 Å². The van der Waals surface area contributed by atoms with Gasteiger partial charge in [-0.25, -0.2) is 0 Å². The molecule has 2 aromatic rings. The molecule has 0 fully saturated rings. The third kappa shape index (κ3) is 4.35. The lowest BCUT2D eigenvalue weighted by Crippen LogP contribution is -2.29. The van der Waals surface area contributed by atoms with Crippen LogP contribution in [0, 0.1) is 0 Å². The van der Waals surface area contributed by atoms with Gasteiger partial charge in [-0.15, -0.1) is 11.8 Å². The van der Waals surface area contributed by atoms with Gasteiger partial charge in [0, 0.05) is 15.4 Å². The van der Waals surface area contributed by atoms with E-state index in [-0.39, 0.29) is 6.04 Å². The van der Waals surface area contributed by atoms with Crippen LogP contribution in [-0.2, 0) is 6.42 Å². The number of halogens is 1. The number of thioether (sulfide) groups is 1. The van der Waals surface area contributed by atoms with Crippen molar-refractivity contribution in [2.24, 2.45) is 5.84 Å². The highest BCUT2D eigenvalue weighted by Crippen LogP contribution is 2.23. The molecule has 0 aliphatic heterocycles. The first-order valence-corrected chi connectivity index (χ1v) is 8.44. The van der Waals surface area contributed by atoms with Gasteiger partial charge in [-0.3, -0.25) is 11.3 Å². The molecule has 2 rings (SSSR count). The highest BCUT2D eigenvalue weighted by molar-refractivity contribution is 9.10. The Hall–Kier alpha value is -0.810. The Bertz CT molecular complexity index is 525. The van der Waals surface area contributed by atoms with Crippen molar-refractivity contribution in [1.82, 2.24) is 5.43 Å². The zero-order valence-electron chi connectivity index (χ0n) is 11.5. The molecular formula is C16H19BrN2S. The summed E-state index contributed by atoms with van der Waals surface area (Å²) in [6.07, 6.45) is 0.879. The van der Waals surface area contributed by atoms with Crippen molar-refractivity contribution in [2.75, 3.05) is 5.75 Å². The third-order valence-corrected chi connectivity index (χ3v) is 4.57. The Morgan fingerprint density at radius 2 is 1.75 bits per heavy atom. The maximum absolute atomic E-state index is 5.71. The number of hydrogen-bond acceptors (Lipinski definition) is 3. The fourth-order valence-electron chi connectivity index (χ4n) is 2.09. The van der Waals surface area contributed by atoms with Gasteiger partial charge in [0.25, 0.3) is 0 Å². The molecule has 0 radical (unpaired) electrons. The monoisotopic (exact) mass is 350 g/mol. The van der Waals surface area contributed by atoms with E-state index in [0.717, 1.165) is 16.6 Å². The summed E-state index contributed by atoms with van der Waals surface area (Å²) in [5, 5.41) is 0. The SMILES string of the molecule is CCSc1ccc(C(Cc2ccc(Br)cc2)NN)cc1. The van der Waals surface area contributed by atoms with E-state index in [1.165, 1.54) is 16.0 Å². The number of benzene rings is 2. The number of hydrazine groups is 1. The molecule has 0 heterocycles. The number of hydrogen-bond donors (Lipinski definition) is 2. The maximum Gasteiger partial charge on any atom is 0.0500 e. The molecule has 0 saturated heterocycles. The van der Waals surface area contributed by atoms with Gasteiger partial charge in [0.1, 0.15) is 0 Å². The summed E-state index contributed by atoms with van der Waals surface area (Å²) in [5.41, 5.74) is 5.40. The summed E-state index contributed by atoms with van der Waals surface area (Å²) in [7, 11) is 0. The van der Waals surface area contributed by atoms with E-state index in [1.807, 2.05) is 11.8 Å². The van der Waals surface area contributed by atoms with E-state index in [2.05, 4.69) is 76.8 Å². The van der Waals surface area contributed by atoms with Crippen molar-refractivity contribution >= 4 is 27.7 Å². The molecule has 2 aromatic carbocycles. The minimum atomic E-state index is 0.136. The summed E-state index contributed by atoms with van der Waals surface area (Å²) in [5.74, 6) is 6.81. The molecule has 4 heteroatoms. The quantitative estimate of drug-likeness (QED) is 0.463. The van der Waals surface area contributed by atoms with Crippen molar-refractivity contribution in [3.63, 3.8) is 0 Å². The van der Waals surface area contributed by atoms with Crippen molar-refractivity contribution in [1.29, 1.82) is 0 Å². The van der Waals surface area contributed by atoms with E-state index in [9.17, 15) is 0 Å². The molecule has 2 nitrogen and oxygen atoms in total. The molecule has 0 amide bonds. The lowest BCUT2D eigenvalue weighted by molar-refractivity contribution is 0.551. The lowest BCUT2D eigenvalue weighted by Gasteiger charge is -2.17. The van der Waals surface area contributed by atoms with Crippen LogP contribution in [0.5, 0.6) is 0 Å². The third-order valence-electron chi connectivity index (χ3n) is 3.15. The van der Waals surface area contributed by atoms with Crippen LogP contribution in [0.1, 0.15) is 24.1 Å². The molecule has 106 valence electrons. The first-order chi connectivity index (χ1) is 9.72. The van der Waals surface area contributed by atoms with Crippen LogP contribution in [-0.4, -0.2) is 5.75 Å². The average Bonchev–Trinajstić information content (AvgIpc) is 2.48. The standard InChI is InChI=1S/C16H19BrN2S/c1-2-20-15-9-5-13(6-10-15)16(19-18)11-12-3-7-14(17)8-4-12/h3-10,16,19H,2,11,18H2,1H3. The molecule has 0 aromatic heterocycles. The second kappa shape index (κ2) is 7.84. The van der Waals surface area contributed by atoms with Crippen LogP contribution < -0.4 is 11.3 Å². The molecular weight excluding hydrogens is 332 g/mol. The maximum atomic E-state index is 5.71. The lowest BCUT2D eigenvalue weighted by atomic mass is 9.99. The van der Waals surface area contributed by atoms with E-state index in [4.69, 9.17) is 5.84 Å². The molecule has 20 heavy (non-hydrogen) atoms. The predicted octanol–water partition coefficient (Wildman–Crippen LogP) is 4.31. The Balaban J connectivity index is 2.09. The summed E-state index contributed by atoms with van der Waals surface area (Å²) in [4.78, 5) is 1.30. The van der Waals surface area contributed by atoms with Crippen LogP contribution in [0.25, 0.3) is 0 Å². The summed E-state index contributed by atoms with van der Waals surface area (Å²) in [6, 6.07) is 17.1. The highest BCUT2D eigenvalue weighted by Gasteiger charge is 2.10. The molecule has 3 N–H and O–H groups in total. The topological polar surface area (TPSA) is 38.0 Å². The molecule has 1 unspecified atom stereocenters. The van der Waals surface area contributed by atoms with Crippen LogP contribution in [0.4, 0.5) is 0 Å². The van der Waals surface area contributed by atoms with Gasteiger partial charge < -0.3 is 0 Å². The summed E-state index contributed by atoms with van der Waals surface area (Å²) in [6.45, 7) is 2.16. The minimum Gasteiger partial charge on any atom is -0.271 e. The normalized spacial score (nSPS) is 12.3. The summed E-state index contributed by atoms with van der Waals surface area (Å²) >= 11 is 5.31. The van der Waals surface area contributed by atoms with Crippen LogP contribution in [0.3, 0.4) is 0 Å². The Morgan fingerprint density at radius 1 is 1.10 bits per heavy atom. The minimum absolute atomic E-state index is 0.136. The van der Waals surface area contributed by atoms with E-state index >= 15 is 0 Å². The van der Waals surface area contributed by atoms with Gasteiger partial charge >= 0.3 is 0 Å². The molecule has 0 bridgehead atoms. The Labute approximate surface area is 133 Å². The second-order valence-electron chi connectivity index (χ2n) is 4.55. The molecule has 1 atom stereocenters. The van der Waals surface area contributed by atoms with Crippen LogP contribution in [0.2, 0.25) is 0 Å². The van der Waals surface area contributed by atoms with Gasteiger partial charge in [0.15, 0.2) is 0 Å². The number of rotatable bonds is 6. The largest absolute Gasteiger partial charge is 0.271 e. The smallest absolute Gasteiger partial charge is 0.0500 e. The first-order valence-electron chi connectivity index (χ1n) is 6.66. The van der Waals surface area contributed by atoms with E-state index < -0.39 is 0 Å². The van der Waals surface area contributed by atoms with E-state index in [0.29, 0.717) is 0 Å². The number of nitrogens with two attached hydrogens (primary N) is 1. The number of nitrogens with one attached hydrogen (secondary N) is 1. The first kappa shape index (κ1) is 15.6. The van der Waals surface area contributed by atoms with Gasteiger partial charge in [-0.2, -0.15) is 0 Å². The fourth-order valence-corrected chi connectivity index (χ4v) is 3.02. The molecule has 0 saturated carbocycles. The Morgan fingerprint density at radius 3 is 2.30 bits per heavy atom. The average molecular weight is 351 g/mol. The van der Waals surface area contributed by atoms with Crippen molar-refractivity contribution in [2.45, 2.75) is 24.3 Å². The second-order valence-corrected chi connectivity index (χ2v) is 6.80. The molecule has 0 aliphatic carbocycles. The van der Waals surface area contributed by atoms with Gasteiger partial charge in [-0.05, 0) is 47.6 Å². The zero-order chi connectivity index (χ0) is 14.4. The highest BCUT2D eigenvalue weighted by atomic mass is 79.9. The van der Waals surface area contributed by atoms with Gasteiger partial charge in [-0.1, -0.05) is 47.1 Å². The van der Waals surface area contributed by atoms with Gasteiger partial charge in [0.05, 0.1) is 0 Å². The molecule has 0 aliphatic rings. The predicted molar refractivity (Wildman–Crippen MR) is 90.8 cm³/mol. The molecule has 0 spiro atoms. The van der Waals surface area contributed by atoms with Crippen LogP contribution >= 0.6 is 27.7 Å². The van der Waals surface area contributed by atoms with Crippen molar-refractivity contribution in [3.8, 4) is 0 Å². The Kier molecular flexibility index (Phi) is 6.10. The summed E-state index contributed by atoms with van der Waals surface area (Å²) < 4.78 is 1.10. The zero-order valence-corrected chi connectivity index (χ0v) is 13.9. The van der Waals surface area contributed by atoms with Crippen molar-refractivity contribution < 1.29 is 0 Å². The van der Waals surface area contributed by atoms with E-state index in [1.54, 1.807) is 0 Å². The fraction of sp³-hybridized carbons (Fsp3) is 0.250. The van der Waals surface area contributed by atoms with Gasteiger partial charge in [0.2, 0.25) is 0 Å².